The van der Waals surface area contributed by atoms with Gasteiger partial charge in [-0.15, -0.1) is 0 Å². The quantitative estimate of drug-likeness (QED) is 0.103. The van der Waals surface area contributed by atoms with Crippen LogP contribution >= 0.6 is 0 Å². The van der Waals surface area contributed by atoms with E-state index in [2.05, 4.69) is 19.2 Å². The summed E-state index contributed by atoms with van der Waals surface area (Å²) in [6, 6.07) is -0.524. The Kier molecular flexibility index (Phi) is 26.5. The minimum Gasteiger partial charge on any atom is -0.394 e. The van der Waals surface area contributed by atoms with E-state index in [9.17, 15) is 15.0 Å². The molecule has 0 spiro atoms. The number of nitrogens with one attached hydrogen (secondary N) is 1. The molecule has 1 amide bonds. The Morgan fingerprint density at radius 2 is 0.941 bits per heavy atom. The lowest BCUT2D eigenvalue weighted by molar-refractivity contribution is -0.123. The molecule has 0 bridgehead atoms. The highest BCUT2D eigenvalue weighted by atomic mass is 16.3. The van der Waals surface area contributed by atoms with Gasteiger partial charge >= 0.3 is 0 Å². The molecule has 0 saturated carbocycles. The number of carbonyl (C=O) groups excluding carboxylic acids is 1. The monoisotopic (exact) mass is 483 g/mol. The average molecular weight is 484 g/mol. The summed E-state index contributed by atoms with van der Waals surface area (Å²) >= 11 is 0. The predicted octanol–water partition coefficient (Wildman–Crippen LogP) is 8.23. The Balaban J connectivity index is 3.47. The third-order valence-corrected chi connectivity index (χ3v) is 7.12. The summed E-state index contributed by atoms with van der Waals surface area (Å²) < 4.78 is 0. The van der Waals surface area contributed by atoms with E-state index in [0.29, 0.717) is 12.8 Å². The lowest BCUT2D eigenvalue weighted by atomic mass is 10.0. The Morgan fingerprint density at radius 3 is 1.32 bits per heavy atom. The number of hydrogen-bond acceptors (Lipinski definition) is 3. The molecule has 0 fully saturated rings. The van der Waals surface area contributed by atoms with Crippen LogP contribution in [0.25, 0.3) is 0 Å². The van der Waals surface area contributed by atoms with Crippen LogP contribution in [-0.2, 0) is 4.79 Å². The van der Waals surface area contributed by atoms with Crippen LogP contribution in [0.1, 0.15) is 168 Å². The molecular formula is C30H61NO3. The van der Waals surface area contributed by atoms with E-state index < -0.39 is 12.1 Å². The highest BCUT2D eigenvalue weighted by molar-refractivity contribution is 5.76. The molecule has 0 radical (unpaired) electrons. The second-order valence-corrected chi connectivity index (χ2v) is 10.5. The van der Waals surface area contributed by atoms with E-state index in [-0.39, 0.29) is 12.5 Å². The van der Waals surface area contributed by atoms with Gasteiger partial charge in [-0.3, -0.25) is 4.79 Å². The van der Waals surface area contributed by atoms with E-state index >= 15 is 0 Å². The highest BCUT2D eigenvalue weighted by Gasteiger charge is 2.19. The number of carbonyl (C=O) groups is 1. The lowest BCUT2D eigenvalue weighted by Crippen LogP contribution is -2.45. The molecule has 4 heteroatoms. The predicted molar refractivity (Wildman–Crippen MR) is 147 cm³/mol. The third kappa shape index (κ3) is 23.1. The van der Waals surface area contributed by atoms with Crippen molar-refractivity contribution in [1.29, 1.82) is 0 Å². The van der Waals surface area contributed by atoms with E-state index in [1.54, 1.807) is 0 Å². The number of hydrogen-bond donors (Lipinski definition) is 3. The maximum absolute atomic E-state index is 12.0. The summed E-state index contributed by atoms with van der Waals surface area (Å²) in [7, 11) is 0. The van der Waals surface area contributed by atoms with Crippen LogP contribution in [-0.4, -0.2) is 34.9 Å². The molecular weight excluding hydrogens is 422 g/mol. The van der Waals surface area contributed by atoms with Crippen molar-refractivity contribution in [2.75, 3.05) is 6.61 Å². The Bertz CT molecular complexity index is 416. The number of rotatable bonds is 27. The Morgan fingerprint density at radius 1 is 0.588 bits per heavy atom. The first-order chi connectivity index (χ1) is 16.7. The fourth-order valence-electron chi connectivity index (χ4n) is 4.71. The van der Waals surface area contributed by atoms with Gasteiger partial charge in [-0.25, -0.2) is 0 Å². The molecule has 0 heterocycles. The fraction of sp³-hybridized carbons (Fsp3) is 0.967. The molecule has 2 unspecified atom stereocenters. The molecule has 4 nitrogen and oxygen atoms in total. The Labute approximate surface area is 213 Å². The van der Waals surface area contributed by atoms with Crippen LogP contribution in [0.3, 0.4) is 0 Å². The van der Waals surface area contributed by atoms with Gasteiger partial charge in [-0.1, -0.05) is 149 Å². The second-order valence-electron chi connectivity index (χ2n) is 10.5. The molecule has 0 aromatic heterocycles. The van der Waals surface area contributed by atoms with Crippen molar-refractivity contribution >= 4 is 5.91 Å². The second kappa shape index (κ2) is 27.0. The molecule has 0 aliphatic heterocycles. The highest BCUT2D eigenvalue weighted by Crippen LogP contribution is 2.15. The van der Waals surface area contributed by atoms with Crippen molar-refractivity contribution in [3.63, 3.8) is 0 Å². The van der Waals surface area contributed by atoms with Crippen molar-refractivity contribution in [1.82, 2.24) is 5.32 Å². The fourth-order valence-corrected chi connectivity index (χ4v) is 4.71. The molecule has 0 aliphatic carbocycles. The van der Waals surface area contributed by atoms with E-state index in [1.165, 1.54) is 116 Å². The molecule has 0 rings (SSSR count). The van der Waals surface area contributed by atoms with Crippen LogP contribution < -0.4 is 5.32 Å². The zero-order valence-electron chi connectivity index (χ0n) is 23.1. The maximum atomic E-state index is 12.0. The van der Waals surface area contributed by atoms with Crippen LogP contribution in [0.15, 0.2) is 0 Å². The minimum atomic E-state index is -0.648. The van der Waals surface area contributed by atoms with Gasteiger partial charge in [-0.2, -0.15) is 0 Å². The van der Waals surface area contributed by atoms with Gasteiger partial charge in [0.05, 0.1) is 18.8 Å². The average Bonchev–Trinajstić information content (AvgIpc) is 2.84. The van der Waals surface area contributed by atoms with Gasteiger partial charge in [0.2, 0.25) is 5.91 Å². The van der Waals surface area contributed by atoms with Crippen molar-refractivity contribution in [3.05, 3.63) is 0 Å². The topological polar surface area (TPSA) is 69.6 Å². The molecule has 0 saturated heterocycles. The van der Waals surface area contributed by atoms with Crippen molar-refractivity contribution in [2.45, 2.75) is 180 Å². The number of aliphatic hydroxyl groups excluding tert-OH is 2. The number of aliphatic hydroxyl groups is 2. The molecule has 0 aromatic rings. The Hall–Kier alpha value is -0.610. The summed E-state index contributed by atoms with van der Waals surface area (Å²) in [4.78, 5) is 12.0. The largest absolute Gasteiger partial charge is 0.394 e. The van der Waals surface area contributed by atoms with Crippen LogP contribution in [0, 0.1) is 0 Å². The molecule has 204 valence electrons. The summed E-state index contributed by atoms with van der Waals surface area (Å²) in [5.74, 6) is -0.0444. The maximum Gasteiger partial charge on any atom is 0.220 e. The molecule has 0 aliphatic rings. The smallest absolute Gasteiger partial charge is 0.220 e. The van der Waals surface area contributed by atoms with Gasteiger partial charge < -0.3 is 15.5 Å². The summed E-state index contributed by atoms with van der Waals surface area (Å²) in [5, 5.41) is 22.7. The lowest BCUT2D eigenvalue weighted by Gasteiger charge is -2.22. The third-order valence-electron chi connectivity index (χ3n) is 7.12. The van der Waals surface area contributed by atoms with E-state index in [4.69, 9.17) is 0 Å². The summed E-state index contributed by atoms with van der Waals surface area (Å²) in [6.45, 7) is 4.27. The van der Waals surface area contributed by atoms with Gasteiger partial charge in [-0.05, 0) is 12.8 Å². The first-order valence-electron chi connectivity index (χ1n) is 15.2. The molecule has 2 atom stereocenters. The zero-order valence-corrected chi connectivity index (χ0v) is 23.1. The van der Waals surface area contributed by atoms with Gasteiger partial charge in [0.1, 0.15) is 0 Å². The van der Waals surface area contributed by atoms with Crippen molar-refractivity contribution in [2.24, 2.45) is 0 Å². The minimum absolute atomic E-state index is 0.0444. The number of amides is 1. The summed E-state index contributed by atoms with van der Waals surface area (Å²) in [5.41, 5.74) is 0. The standard InChI is InChI=1S/C30H61NO3/c1-3-5-7-9-10-11-12-13-14-15-16-17-18-19-20-22-23-25-29(33)28(27-32)31-30(34)26-24-21-8-6-4-2/h28-29,32-33H,3-27H2,1-2H3,(H,31,34). The van der Waals surface area contributed by atoms with Crippen LogP contribution in [0.4, 0.5) is 0 Å². The first kappa shape index (κ1) is 33.4. The number of unbranched alkanes of at least 4 members (excludes halogenated alkanes) is 20. The van der Waals surface area contributed by atoms with Crippen molar-refractivity contribution < 1.29 is 15.0 Å². The van der Waals surface area contributed by atoms with E-state index in [0.717, 1.165) is 25.7 Å². The van der Waals surface area contributed by atoms with Gasteiger partial charge in [0.25, 0.3) is 0 Å². The summed E-state index contributed by atoms with van der Waals surface area (Å²) in [6.07, 6.45) is 28.9. The van der Waals surface area contributed by atoms with Gasteiger partial charge in [0, 0.05) is 6.42 Å². The van der Waals surface area contributed by atoms with Gasteiger partial charge in [0.15, 0.2) is 0 Å². The molecule has 0 aromatic carbocycles. The van der Waals surface area contributed by atoms with Crippen LogP contribution in [0.2, 0.25) is 0 Å². The SMILES string of the molecule is CCCCCCCCCCCCCCCCCCCC(O)C(CO)NC(=O)CCCCCCC. The normalized spacial score (nSPS) is 13.2. The molecule has 34 heavy (non-hydrogen) atoms. The van der Waals surface area contributed by atoms with E-state index in [1.807, 2.05) is 0 Å². The van der Waals surface area contributed by atoms with Crippen LogP contribution in [0.5, 0.6) is 0 Å². The first-order valence-corrected chi connectivity index (χ1v) is 15.2. The zero-order chi connectivity index (χ0) is 25.1. The molecule has 3 N–H and O–H groups in total. The van der Waals surface area contributed by atoms with Crippen molar-refractivity contribution in [3.8, 4) is 0 Å².